The number of para-hydroxylation sites is 1. The van der Waals surface area contributed by atoms with Crippen molar-refractivity contribution in [3.63, 3.8) is 0 Å². The molecule has 0 radical (unpaired) electrons. The van der Waals surface area contributed by atoms with E-state index in [1.807, 2.05) is 72.4 Å². The van der Waals surface area contributed by atoms with Crippen molar-refractivity contribution in [2.45, 2.75) is 15.2 Å². The molecule has 0 fully saturated rings. The second-order valence-corrected chi connectivity index (χ2v) is 19.6. The predicted octanol–water partition coefficient (Wildman–Crippen LogP) is 12.8. The zero-order chi connectivity index (χ0) is 39.8. The van der Waals surface area contributed by atoms with Crippen molar-refractivity contribution in [2.75, 3.05) is 0 Å². The van der Waals surface area contributed by atoms with E-state index in [-0.39, 0.29) is 0 Å². The zero-order valence-corrected chi connectivity index (χ0v) is 34.2. The van der Waals surface area contributed by atoms with Gasteiger partial charge >= 0.3 is 0 Å². The van der Waals surface area contributed by atoms with E-state index in [0.29, 0.717) is 0 Å². The maximum Gasteiger partial charge on any atom is 0.238 e. The van der Waals surface area contributed by atoms with Crippen LogP contribution in [0.15, 0.2) is 228 Å². The van der Waals surface area contributed by atoms with Gasteiger partial charge in [-0.1, -0.05) is 169 Å². The van der Waals surface area contributed by atoms with Gasteiger partial charge in [0.25, 0.3) is 0 Å². The van der Waals surface area contributed by atoms with Crippen LogP contribution in [0.5, 0.6) is 0 Å². The highest BCUT2D eigenvalue weighted by Gasteiger charge is 2.51. The molecule has 0 saturated carbocycles. The van der Waals surface area contributed by atoms with Crippen molar-refractivity contribution in [3.8, 4) is 33.5 Å². The van der Waals surface area contributed by atoms with Gasteiger partial charge in [-0.05, 0) is 105 Å². The average molecular weight is 803 g/mol. The summed E-state index contributed by atoms with van der Waals surface area (Å²) in [6.45, 7) is 0. The maximum absolute atomic E-state index is 12.6. The predicted molar refractivity (Wildman–Crippen MR) is 252 cm³/mol. The first-order valence-electron chi connectivity index (χ1n) is 20.4. The quantitative estimate of drug-likeness (QED) is 0.139. The van der Waals surface area contributed by atoms with E-state index in [2.05, 4.69) is 158 Å². The van der Waals surface area contributed by atoms with Gasteiger partial charge in [0, 0.05) is 31.5 Å². The van der Waals surface area contributed by atoms with Gasteiger partial charge in [0.1, 0.15) is 15.9 Å². The summed E-state index contributed by atoms with van der Waals surface area (Å²) in [4.78, 5) is 20.6. The van der Waals surface area contributed by atoms with Crippen molar-refractivity contribution >= 4 is 56.8 Å². The third kappa shape index (κ3) is 5.07. The molecule has 0 saturated heterocycles. The van der Waals surface area contributed by atoms with E-state index in [4.69, 9.17) is 4.98 Å². The molecule has 10 aromatic rings. The van der Waals surface area contributed by atoms with Crippen LogP contribution in [-0.2, 0) is 5.41 Å². The molecule has 2 aliphatic rings. The van der Waals surface area contributed by atoms with Crippen molar-refractivity contribution in [1.29, 1.82) is 0 Å². The smallest absolute Gasteiger partial charge is 0.238 e. The SMILES string of the molecule is O[P+](c1ccccc1)(c1ccccc1)c1ccc(-c2cccc(-c3nc4ccccc4c4c5c(ccc34)C3(c4ccccc4Sc4ccccc43)c3ccccc3-5)c2)cc1. The van der Waals surface area contributed by atoms with Crippen LogP contribution in [0, 0.1) is 0 Å². The lowest BCUT2D eigenvalue weighted by Gasteiger charge is -2.39. The summed E-state index contributed by atoms with van der Waals surface area (Å²) in [5.41, 5.74) is 12.6. The van der Waals surface area contributed by atoms with Gasteiger partial charge in [-0.3, -0.25) is 0 Å². The fraction of sp³-hybridized carbons (Fsp3) is 0.0179. The summed E-state index contributed by atoms with van der Waals surface area (Å²) in [6.07, 6.45) is 0. The monoisotopic (exact) mass is 802 g/mol. The first-order valence-corrected chi connectivity index (χ1v) is 23.0. The number of rotatable bonds is 5. The Morgan fingerprint density at radius 1 is 0.417 bits per heavy atom. The van der Waals surface area contributed by atoms with Crippen LogP contribution in [-0.4, -0.2) is 9.88 Å². The van der Waals surface area contributed by atoms with Crippen LogP contribution in [0.3, 0.4) is 0 Å². The zero-order valence-electron chi connectivity index (χ0n) is 32.5. The molecule has 0 unspecified atom stereocenters. The molecule has 1 spiro atoms. The van der Waals surface area contributed by atoms with Crippen LogP contribution in [0.4, 0.5) is 0 Å². The molecule has 0 amide bonds. The molecule has 1 aliphatic heterocycles. The third-order valence-corrected chi connectivity index (χ3v) is 16.9. The summed E-state index contributed by atoms with van der Waals surface area (Å²) in [5, 5.41) is 6.35. The molecule has 12 rings (SSSR count). The molecule has 1 aromatic heterocycles. The number of pyridine rings is 1. The van der Waals surface area contributed by atoms with Crippen LogP contribution in [0.1, 0.15) is 22.3 Å². The fourth-order valence-electron chi connectivity index (χ4n) is 10.1. The third-order valence-electron chi connectivity index (χ3n) is 12.6. The van der Waals surface area contributed by atoms with Crippen molar-refractivity contribution < 1.29 is 4.89 Å². The fourth-order valence-corrected chi connectivity index (χ4v) is 13.9. The number of hydrogen-bond acceptors (Lipinski definition) is 3. The molecule has 60 heavy (non-hydrogen) atoms. The minimum atomic E-state index is -2.84. The van der Waals surface area contributed by atoms with E-state index in [9.17, 15) is 4.89 Å². The molecule has 1 aliphatic carbocycles. The number of hydrogen-bond donors (Lipinski definition) is 1. The van der Waals surface area contributed by atoms with Crippen molar-refractivity contribution in [1.82, 2.24) is 4.98 Å². The number of fused-ring (bicyclic) bond motifs is 13. The summed E-state index contributed by atoms with van der Waals surface area (Å²) in [5.74, 6) is 0. The average Bonchev–Trinajstić information content (AvgIpc) is 3.62. The van der Waals surface area contributed by atoms with Gasteiger partial charge in [-0.25, -0.2) is 9.88 Å². The minimum absolute atomic E-state index is 0.454. The number of aromatic nitrogens is 1. The van der Waals surface area contributed by atoms with Crippen molar-refractivity contribution in [2.24, 2.45) is 0 Å². The Kier molecular flexibility index (Phi) is 8.09. The summed E-state index contributed by atoms with van der Waals surface area (Å²) < 4.78 is 0. The normalized spacial score (nSPS) is 13.5. The minimum Gasteiger partial charge on any atom is -0.247 e. The lowest BCUT2D eigenvalue weighted by Crippen LogP contribution is -2.31. The van der Waals surface area contributed by atoms with Gasteiger partial charge in [-0.2, -0.15) is 0 Å². The maximum atomic E-state index is 12.6. The Bertz CT molecular complexity index is 3220. The van der Waals surface area contributed by atoms with E-state index < -0.39 is 12.9 Å². The standard InChI is InChI=1S/C56H37NOPS/c58-59(40-18-3-1-4-19-40,41-20-5-2-6-21-41)42-32-30-37(31-33-42)38-16-15-17-39(36-38)55-45-34-35-49-54(53(45)44-23-8-12-27-50(44)57-55)43-22-7-9-24-46(43)56(49)47-25-10-13-28-51(47)60-52-29-14-11-26-48(52)56/h1-36,58H/q+1. The highest BCUT2D eigenvalue weighted by molar-refractivity contribution is 7.99. The molecule has 1 N–H and O–H groups in total. The molecular weight excluding hydrogens is 766 g/mol. The van der Waals surface area contributed by atoms with E-state index in [1.54, 1.807) is 0 Å². The largest absolute Gasteiger partial charge is 0.247 e. The molecule has 9 aromatic carbocycles. The Hall–Kier alpha value is -6.61. The highest BCUT2D eigenvalue weighted by atomic mass is 32.2. The Morgan fingerprint density at radius 3 is 1.68 bits per heavy atom. The van der Waals surface area contributed by atoms with Crippen LogP contribution in [0.2, 0.25) is 0 Å². The molecule has 2 nitrogen and oxygen atoms in total. The first-order chi connectivity index (χ1) is 29.6. The summed E-state index contributed by atoms with van der Waals surface area (Å²) >= 11 is 1.88. The summed E-state index contributed by atoms with van der Waals surface area (Å²) in [7, 11) is -2.84. The Balaban J connectivity index is 1.05. The number of benzene rings is 9. The second-order valence-electron chi connectivity index (χ2n) is 15.7. The Labute approximate surface area is 354 Å². The number of nitrogens with zero attached hydrogens (tertiary/aromatic N) is 1. The van der Waals surface area contributed by atoms with Crippen LogP contribution in [0.25, 0.3) is 55.2 Å². The topological polar surface area (TPSA) is 33.1 Å². The summed E-state index contributed by atoms with van der Waals surface area (Å²) in [6, 6.07) is 77.9. The highest BCUT2D eigenvalue weighted by Crippen LogP contribution is 2.63. The molecule has 4 heteroatoms. The van der Waals surface area contributed by atoms with Gasteiger partial charge in [0.15, 0.2) is 0 Å². The van der Waals surface area contributed by atoms with E-state index in [0.717, 1.165) is 54.6 Å². The first kappa shape index (κ1) is 35.3. The van der Waals surface area contributed by atoms with Gasteiger partial charge < -0.3 is 0 Å². The van der Waals surface area contributed by atoms with Crippen molar-refractivity contribution in [3.05, 3.63) is 241 Å². The van der Waals surface area contributed by atoms with E-state index >= 15 is 0 Å². The van der Waals surface area contributed by atoms with Gasteiger partial charge in [-0.15, -0.1) is 0 Å². The molecule has 2 heterocycles. The lowest BCUT2D eigenvalue weighted by atomic mass is 9.67. The van der Waals surface area contributed by atoms with Crippen LogP contribution < -0.4 is 15.9 Å². The van der Waals surface area contributed by atoms with Gasteiger partial charge in [0.2, 0.25) is 7.49 Å². The van der Waals surface area contributed by atoms with Crippen LogP contribution >= 0.6 is 19.3 Å². The lowest BCUT2D eigenvalue weighted by molar-refractivity contribution is 0.633. The molecule has 0 atom stereocenters. The van der Waals surface area contributed by atoms with E-state index in [1.165, 1.54) is 48.6 Å². The molecule has 0 bridgehead atoms. The van der Waals surface area contributed by atoms with Gasteiger partial charge in [0.05, 0.1) is 16.6 Å². The Morgan fingerprint density at radius 2 is 0.983 bits per heavy atom. The second kappa shape index (κ2) is 13.7. The molecule has 282 valence electrons. The molecular formula is C56H37NOPS+.